The van der Waals surface area contributed by atoms with Crippen LogP contribution in [0.5, 0.6) is 5.75 Å². The number of benzene rings is 1. The van der Waals surface area contributed by atoms with Gasteiger partial charge in [0.15, 0.2) is 11.0 Å². The van der Waals surface area contributed by atoms with Gasteiger partial charge in [-0.05, 0) is 50.5 Å². The number of amides is 1. The van der Waals surface area contributed by atoms with Crippen LogP contribution in [0, 0.1) is 0 Å². The van der Waals surface area contributed by atoms with Crippen molar-refractivity contribution in [1.29, 1.82) is 0 Å². The van der Waals surface area contributed by atoms with E-state index in [-0.39, 0.29) is 5.91 Å². The number of nitrogens with zero attached hydrogens (tertiary/aromatic N) is 4. The van der Waals surface area contributed by atoms with Gasteiger partial charge in [0.05, 0.1) is 5.75 Å². The van der Waals surface area contributed by atoms with E-state index in [1.54, 1.807) is 0 Å². The van der Waals surface area contributed by atoms with E-state index in [0.717, 1.165) is 53.7 Å². The fraction of sp³-hybridized carbons (Fsp3) is 0.500. The molecule has 3 rings (SSSR count). The van der Waals surface area contributed by atoms with Gasteiger partial charge in [-0.2, -0.15) is 0 Å². The van der Waals surface area contributed by atoms with Gasteiger partial charge < -0.3 is 14.2 Å². The summed E-state index contributed by atoms with van der Waals surface area (Å²) in [7, 11) is 0. The van der Waals surface area contributed by atoms with Gasteiger partial charge in [0, 0.05) is 24.1 Å². The Bertz CT molecular complexity index is 729. The van der Waals surface area contributed by atoms with E-state index in [1.165, 1.54) is 18.2 Å². The van der Waals surface area contributed by atoms with E-state index < -0.39 is 0 Å². The smallest absolute Gasteiger partial charge is 0.233 e. The maximum Gasteiger partial charge on any atom is 0.233 e. The summed E-state index contributed by atoms with van der Waals surface area (Å²) in [5, 5.41) is 9.26. The first-order chi connectivity index (χ1) is 12.7. The van der Waals surface area contributed by atoms with Crippen molar-refractivity contribution in [2.75, 3.05) is 18.8 Å². The first kappa shape index (κ1) is 19.2. The number of piperidine rings is 1. The van der Waals surface area contributed by atoms with Crippen molar-refractivity contribution in [2.24, 2.45) is 0 Å². The van der Waals surface area contributed by atoms with E-state index in [1.807, 2.05) is 40.7 Å². The van der Waals surface area contributed by atoms with Crippen LogP contribution < -0.4 is 4.74 Å². The number of rotatable bonds is 7. The highest BCUT2D eigenvalue weighted by Gasteiger charge is 2.19. The zero-order valence-corrected chi connectivity index (χ0v) is 17.3. The van der Waals surface area contributed by atoms with E-state index in [0.29, 0.717) is 12.4 Å². The number of hydrogen-bond acceptors (Lipinski definition) is 5. The van der Waals surface area contributed by atoms with Crippen molar-refractivity contribution in [3.8, 4) is 5.75 Å². The monoisotopic (exact) mass is 438 g/mol. The first-order valence-corrected chi connectivity index (χ1v) is 10.7. The van der Waals surface area contributed by atoms with Gasteiger partial charge in [-0.15, -0.1) is 10.2 Å². The van der Waals surface area contributed by atoms with E-state index >= 15 is 0 Å². The Morgan fingerprint density at radius 1 is 1.19 bits per heavy atom. The third kappa shape index (κ3) is 5.01. The summed E-state index contributed by atoms with van der Waals surface area (Å²) in [6, 6.07) is 7.69. The predicted octanol–water partition coefficient (Wildman–Crippen LogP) is 3.74. The Morgan fingerprint density at radius 2 is 1.92 bits per heavy atom. The van der Waals surface area contributed by atoms with E-state index in [2.05, 4.69) is 26.1 Å². The molecule has 0 N–H and O–H groups in total. The van der Waals surface area contributed by atoms with Gasteiger partial charge in [0.2, 0.25) is 5.91 Å². The lowest BCUT2D eigenvalue weighted by Gasteiger charge is -2.26. The van der Waals surface area contributed by atoms with Gasteiger partial charge in [-0.25, -0.2) is 0 Å². The first-order valence-electron chi connectivity index (χ1n) is 8.88. The van der Waals surface area contributed by atoms with Crippen LogP contribution in [0.3, 0.4) is 0 Å². The van der Waals surface area contributed by atoms with Crippen molar-refractivity contribution in [3.05, 3.63) is 34.6 Å². The summed E-state index contributed by atoms with van der Waals surface area (Å²) >= 11 is 4.86. The SMILES string of the molecule is CCn1c(COc2ccc(Br)cc2)nnc1SCC(=O)N1CCCCC1. The van der Waals surface area contributed by atoms with Crippen molar-refractivity contribution in [2.45, 2.75) is 44.5 Å². The van der Waals surface area contributed by atoms with Gasteiger partial charge in [0.1, 0.15) is 12.4 Å². The van der Waals surface area contributed by atoms with Crippen molar-refractivity contribution in [1.82, 2.24) is 19.7 Å². The number of hydrogen-bond donors (Lipinski definition) is 0. The zero-order valence-electron chi connectivity index (χ0n) is 14.9. The molecule has 0 aliphatic carbocycles. The molecule has 1 aromatic carbocycles. The Kier molecular flexibility index (Phi) is 6.96. The van der Waals surface area contributed by atoms with Crippen LogP contribution in [0.25, 0.3) is 0 Å². The van der Waals surface area contributed by atoms with Gasteiger partial charge in [-0.1, -0.05) is 27.7 Å². The second kappa shape index (κ2) is 9.41. The highest BCUT2D eigenvalue weighted by molar-refractivity contribution is 9.10. The average Bonchev–Trinajstić information content (AvgIpc) is 3.08. The Balaban J connectivity index is 1.56. The number of halogens is 1. The molecule has 1 aromatic heterocycles. The van der Waals surface area contributed by atoms with Crippen molar-refractivity contribution >= 4 is 33.6 Å². The third-order valence-electron chi connectivity index (χ3n) is 4.32. The summed E-state index contributed by atoms with van der Waals surface area (Å²) in [6.07, 6.45) is 3.45. The van der Waals surface area contributed by atoms with E-state index in [4.69, 9.17) is 4.74 Å². The molecule has 0 saturated carbocycles. The lowest BCUT2D eigenvalue weighted by Crippen LogP contribution is -2.36. The Labute approximate surface area is 166 Å². The lowest BCUT2D eigenvalue weighted by atomic mass is 10.1. The molecule has 2 heterocycles. The predicted molar refractivity (Wildman–Crippen MR) is 105 cm³/mol. The molecule has 2 aromatic rings. The molecule has 1 fully saturated rings. The maximum atomic E-state index is 12.3. The highest BCUT2D eigenvalue weighted by Crippen LogP contribution is 2.21. The van der Waals surface area contributed by atoms with Crippen LogP contribution in [0.1, 0.15) is 32.0 Å². The van der Waals surface area contributed by atoms with Crippen LogP contribution in [0.15, 0.2) is 33.9 Å². The summed E-state index contributed by atoms with van der Waals surface area (Å²) in [6.45, 7) is 4.90. The Hall–Kier alpha value is -1.54. The zero-order chi connectivity index (χ0) is 18.4. The number of carbonyl (C=O) groups is 1. The highest BCUT2D eigenvalue weighted by atomic mass is 79.9. The molecule has 0 spiro atoms. The van der Waals surface area contributed by atoms with Crippen molar-refractivity contribution < 1.29 is 9.53 Å². The second-order valence-electron chi connectivity index (χ2n) is 6.12. The number of thioether (sulfide) groups is 1. The van der Waals surface area contributed by atoms with Crippen LogP contribution >= 0.6 is 27.7 Å². The fourth-order valence-corrected chi connectivity index (χ4v) is 4.08. The van der Waals surface area contributed by atoms with Crippen molar-refractivity contribution in [3.63, 3.8) is 0 Å². The molecule has 8 heteroatoms. The van der Waals surface area contributed by atoms with E-state index in [9.17, 15) is 4.79 Å². The molecule has 0 unspecified atom stereocenters. The van der Waals surface area contributed by atoms with Crippen LogP contribution in [-0.4, -0.2) is 44.4 Å². The largest absolute Gasteiger partial charge is 0.486 e. The molecule has 1 amide bonds. The number of likely N-dealkylation sites (tertiary alicyclic amines) is 1. The quantitative estimate of drug-likeness (QED) is 0.616. The standard InChI is InChI=1S/C18H23BrN4O2S/c1-2-23-16(12-25-15-8-6-14(19)7-9-15)20-21-18(23)26-13-17(24)22-10-4-3-5-11-22/h6-9H,2-5,10-13H2,1H3. The molecule has 0 bridgehead atoms. The fourth-order valence-electron chi connectivity index (χ4n) is 2.89. The third-order valence-corrected chi connectivity index (χ3v) is 5.80. The van der Waals surface area contributed by atoms with Gasteiger partial charge in [-0.3, -0.25) is 4.79 Å². The normalized spacial score (nSPS) is 14.5. The Morgan fingerprint density at radius 3 is 2.62 bits per heavy atom. The van der Waals surface area contributed by atoms with Crippen LogP contribution in [-0.2, 0) is 17.9 Å². The molecule has 26 heavy (non-hydrogen) atoms. The number of aromatic nitrogens is 3. The minimum absolute atomic E-state index is 0.188. The maximum absolute atomic E-state index is 12.3. The summed E-state index contributed by atoms with van der Waals surface area (Å²) in [5.41, 5.74) is 0. The second-order valence-corrected chi connectivity index (χ2v) is 7.97. The molecule has 0 radical (unpaired) electrons. The number of carbonyl (C=O) groups excluding carboxylic acids is 1. The summed E-state index contributed by atoms with van der Waals surface area (Å²) in [5.74, 6) is 2.15. The molecule has 1 aliphatic heterocycles. The van der Waals surface area contributed by atoms with Crippen LogP contribution in [0.2, 0.25) is 0 Å². The molecule has 140 valence electrons. The molecule has 0 atom stereocenters. The average molecular weight is 439 g/mol. The molecular formula is C18H23BrN4O2S. The lowest BCUT2D eigenvalue weighted by molar-refractivity contribution is -0.129. The molecule has 1 aliphatic rings. The molecular weight excluding hydrogens is 416 g/mol. The summed E-state index contributed by atoms with van der Waals surface area (Å²) < 4.78 is 8.81. The minimum atomic E-state index is 0.188. The molecule has 6 nitrogen and oxygen atoms in total. The van der Waals surface area contributed by atoms with Gasteiger partial charge >= 0.3 is 0 Å². The molecule has 1 saturated heterocycles. The summed E-state index contributed by atoms with van der Waals surface area (Å²) in [4.78, 5) is 14.3. The number of ether oxygens (including phenoxy) is 1. The van der Waals surface area contributed by atoms with Crippen LogP contribution in [0.4, 0.5) is 0 Å². The topological polar surface area (TPSA) is 60.2 Å². The van der Waals surface area contributed by atoms with Gasteiger partial charge in [0.25, 0.3) is 0 Å². The minimum Gasteiger partial charge on any atom is -0.486 e.